The maximum atomic E-state index is 13.0. The highest BCUT2D eigenvalue weighted by Crippen LogP contribution is 2.37. The van der Waals surface area contributed by atoms with Crippen molar-refractivity contribution in [1.29, 1.82) is 0 Å². The van der Waals surface area contributed by atoms with Gasteiger partial charge in [0.1, 0.15) is 5.75 Å². The van der Waals surface area contributed by atoms with Gasteiger partial charge in [0.15, 0.2) is 0 Å². The number of ether oxygens (including phenoxy) is 1. The van der Waals surface area contributed by atoms with Crippen LogP contribution in [0.3, 0.4) is 0 Å². The molecule has 0 N–H and O–H groups in total. The van der Waals surface area contributed by atoms with E-state index in [2.05, 4.69) is 0 Å². The molecule has 1 heterocycles. The molecule has 1 aliphatic heterocycles. The first kappa shape index (κ1) is 20.8. The molecular formula is C23H17Cl2NO3S. The molecule has 0 atom stereocenters. The minimum absolute atomic E-state index is 0.132. The Kier molecular flexibility index (Phi) is 6.04. The zero-order valence-electron chi connectivity index (χ0n) is 16.0. The number of fused-ring (bicyclic) bond motifs is 1. The molecule has 0 bridgehead atoms. The number of hydrogen-bond acceptors (Lipinski definition) is 4. The number of benzene rings is 3. The smallest absolute Gasteiger partial charge is 0.293 e. The summed E-state index contributed by atoms with van der Waals surface area (Å²) in [5.74, 6) is 0.332. The lowest BCUT2D eigenvalue weighted by Gasteiger charge is -2.13. The Morgan fingerprint density at radius 2 is 1.83 bits per heavy atom. The van der Waals surface area contributed by atoms with E-state index < -0.39 is 0 Å². The Hall–Kier alpha value is -2.47. The molecule has 4 rings (SSSR count). The van der Waals surface area contributed by atoms with Gasteiger partial charge >= 0.3 is 0 Å². The van der Waals surface area contributed by atoms with E-state index in [1.54, 1.807) is 24.3 Å². The predicted octanol–water partition coefficient (Wildman–Crippen LogP) is 6.78. The summed E-state index contributed by atoms with van der Waals surface area (Å²) in [7, 11) is 0. The van der Waals surface area contributed by atoms with E-state index >= 15 is 0 Å². The number of thioether (sulfide) groups is 1. The normalized spacial score (nSPS) is 15.4. The zero-order valence-corrected chi connectivity index (χ0v) is 18.4. The van der Waals surface area contributed by atoms with Crippen LogP contribution in [0.15, 0.2) is 59.5 Å². The lowest BCUT2D eigenvalue weighted by molar-refractivity contribution is -0.123. The van der Waals surface area contributed by atoms with Gasteiger partial charge < -0.3 is 4.74 Å². The zero-order chi connectivity index (χ0) is 21.3. The monoisotopic (exact) mass is 457 g/mol. The Morgan fingerprint density at radius 3 is 2.60 bits per heavy atom. The van der Waals surface area contributed by atoms with Crippen LogP contribution in [-0.4, -0.2) is 22.7 Å². The van der Waals surface area contributed by atoms with Crippen molar-refractivity contribution < 1.29 is 14.3 Å². The largest absolute Gasteiger partial charge is 0.493 e. The van der Waals surface area contributed by atoms with Gasteiger partial charge in [-0.2, -0.15) is 0 Å². The molecule has 3 aromatic rings. The van der Waals surface area contributed by atoms with Crippen LogP contribution >= 0.6 is 35.0 Å². The third kappa shape index (κ3) is 4.06. The van der Waals surface area contributed by atoms with Crippen LogP contribution in [0.1, 0.15) is 18.1 Å². The van der Waals surface area contributed by atoms with Gasteiger partial charge in [-0.25, -0.2) is 0 Å². The molecule has 0 saturated carbocycles. The van der Waals surface area contributed by atoms with Crippen molar-refractivity contribution >= 4 is 63.0 Å². The van der Waals surface area contributed by atoms with Crippen molar-refractivity contribution in [2.24, 2.45) is 0 Å². The summed E-state index contributed by atoms with van der Waals surface area (Å²) < 4.78 is 5.77. The van der Waals surface area contributed by atoms with Gasteiger partial charge in [-0.15, -0.1) is 0 Å². The van der Waals surface area contributed by atoms with Gasteiger partial charge in [0.2, 0.25) is 0 Å². The van der Waals surface area contributed by atoms with Crippen LogP contribution in [-0.2, 0) is 11.3 Å². The predicted molar refractivity (Wildman–Crippen MR) is 123 cm³/mol. The van der Waals surface area contributed by atoms with Gasteiger partial charge in [-0.05, 0) is 59.3 Å². The molecule has 1 fully saturated rings. The molecular weight excluding hydrogens is 441 g/mol. The number of nitrogens with zero attached hydrogens (tertiary/aromatic N) is 1. The topological polar surface area (TPSA) is 46.6 Å². The molecule has 2 amide bonds. The lowest BCUT2D eigenvalue weighted by Crippen LogP contribution is -2.27. The molecule has 7 heteroatoms. The summed E-state index contributed by atoms with van der Waals surface area (Å²) in [6.45, 7) is 2.54. The Bertz CT molecular complexity index is 1190. The molecule has 30 heavy (non-hydrogen) atoms. The molecule has 0 aromatic heterocycles. The first-order valence-electron chi connectivity index (χ1n) is 9.31. The number of halogens is 2. The van der Waals surface area contributed by atoms with Crippen molar-refractivity contribution in [1.82, 2.24) is 4.90 Å². The molecule has 0 radical (unpaired) electrons. The van der Waals surface area contributed by atoms with Crippen molar-refractivity contribution in [2.45, 2.75) is 13.5 Å². The first-order chi connectivity index (χ1) is 14.5. The quantitative estimate of drug-likeness (QED) is 0.396. The molecule has 0 aliphatic carbocycles. The van der Waals surface area contributed by atoms with E-state index in [1.807, 2.05) is 43.3 Å². The molecule has 1 saturated heterocycles. The van der Waals surface area contributed by atoms with E-state index in [4.69, 9.17) is 27.9 Å². The maximum absolute atomic E-state index is 13.0. The average Bonchev–Trinajstić information content (AvgIpc) is 3.00. The van der Waals surface area contributed by atoms with Crippen LogP contribution in [0.25, 0.3) is 16.8 Å². The van der Waals surface area contributed by atoms with E-state index in [-0.39, 0.29) is 17.7 Å². The number of amides is 2. The maximum Gasteiger partial charge on any atom is 0.293 e. The standard InChI is InChI=1S/C23H17Cl2NO3S/c1-2-29-20-10-8-15-5-3-4-6-16(15)17(20)12-21-22(27)26(23(28)30-21)13-14-7-9-18(24)19(25)11-14/h3-12H,2,13H2,1H3/b21-12-. The number of rotatable bonds is 5. The van der Waals surface area contributed by atoms with Crippen LogP contribution in [0.4, 0.5) is 4.79 Å². The fourth-order valence-corrected chi connectivity index (χ4v) is 4.43. The fourth-order valence-electron chi connectivity index (χ4n) is 3.29. The molecule has 4 nitrogen and oxygen atoms in total. The van der Waals surface area contributed by atoms with Gasteiger partial charge in [0.25, 0.3) is 11.1 Å². The van der Waals surface area contributed by atoms with E-state index in [9.17, 15) is 9.59 Å². The molecule has 1 aliphatic rings. The Morgan fingerprint density at radius 1 is 1.03 bits per heavy atom. The fraction of sp³-hybridized carbons (Fsp3) is 0.130. The lowest BCUT2D eigenvalue weighted by atomic mass is 10.0. The minimum Gasteiger partial charge on any atom is -0.493 e. The SMILES string of the molecule is CCOc1ccc2ccccc2c1/C=C1\SC(=O)N(Cc2ccc(Cl)c(Cl)c2)C1=O. The van der Waals surface area contributed by atoms with Crippen molar-refractivity contribution in [2.75, 3.05) is 6.61 Å². The van der Waals surface area contributed by atoms with E-state index in [1.165, 1.54) is 4.90 Å². The van der Waals surface area contributed by atoms with Gasteiger partial charge in [0.05, 0.1) is 28.1 Å². The van der Waals surface area contributed by atoms with Crippen molar-refractivity contribution in [3.8, 4) is 5.75 Å². The Labute approximate surface area is 188 Å². The van der Waals surface area contributed by atoms with Crippen molar-refractivity contribution in [3.05, 3.63) is 80.7 Å². The molecule has 0 spiro atoms. The summed E-state index contributed by atoms with van der Waals surface area (Å²) in [6.07, 6.45) is 1.74. The highest BCUT2D eigenvalue weighted by Gasteiger charge is 2.35. The second-order valence-electron chi connectivity index (χ2n) is 6.65. The van der Waals surface area contributed by atoms with Crippen LogP contribution in [0.2, 0.25) is 10.0 Å². The van der Waals surface area contributed by atoms with Gasteiger partial charge in [-0.1, -0.05) is 59.6 Å². The third-order valence-electron chi connectivity index (χ3n) is 4.70. The summed E-state index contributed by atoms with van der Waals surface area (Å²) in [5, 5.41) is 2.47. The number of carbonyl (C=O) groups is 2. The molecule has 3 aromatic carbocycles. The molecule has 0 unspecified atom stereocenters. The number of carbonyl (C=O) groups excluding carboxylic acids is 2. The van der Waals surface area contributed by atoms with Crippen LogP contribution in [0, 0.1) is 0 Å². The van der Waals surface area contributed by atoms with E-state index in [0.717, 1.165) is 33.7 Å². The summed E-state index contributed by atoms with van der Waals surface area (Å²) in [4.78, 5) is 27.1. The van der Waals surface area contributed by atoms with Gasteiger partial charge in [-0.3, -0.25) is 14.5 Å². The minimum atomic E-state index is -0.341. The summed E-state index contributed by atoms with van der Waals surface area (Å²) in [5.41, 5.74) is 1.52. The number of imide groups is 1. The highest BCUT2D eigenvalue weighted by molar-refractivity contribution is 8.18. The first-order valence-corrected chi connectivity index (χ1v) is 10.9. The van der Waals surface area contributed by atoms with E-state index in [0.29, 0.717) is 27.3 Å². The highest BCUT2D eigenvalue weighted by atomic mass is 35.5. The summed E-state index contributed by atoms with van der Waals surface area (Å²) >= 11 is 12.9. The Balaban J connectivity index is 1.70. The van der Waals surface area contributed by atoms with Gasteiger partial charge in [0, 0.05) is 5.56 Å². The second-order valence-corrected chi connectivity index (χ2v) is 8.46. The average molecular weight is 458 g/mol. The van der Waals surface area contributed by atoms with Crippen LogP contribution < -0.4 is 4.74 Å². The number of hydrogen-bond donors (Lipinski definition) is 0. The second kappa shape index (κ2) is 8.72. The molecule has 152 valence electrons. The van der Waals surface area contributed by atoms with Crippen molar-refractivity contribution in [3.63, 3.8) is 0 Å². The third-order valence-corrected chi connectivity index (χ3v) is 6.35. The summed E-state index contributed by atoms with van der Waals surface area (Å²) in [6, 6.07) is 16.8. The van der Waals surface area contributed by atoms with Crippen LogP contribution in [0.5, 0.6) is 5.75 Å².